The normalized spacial score (nSPS) is 10.6. The summed E-state index contributed by atoms with van der Waals surface area (Å²) in [6.07, 6.45) is 1.01. The Morgan fingerprint density at radius 1 is 1.25 bits per heavy atom. The number of aromatic nitrogens is 4. The number of hydrogen-bond acceptors (Lipinski definition) is 4. The summed E-state index contributed by atoms with van der Waals surface area (Å²) < 4.78 is 1.74. The molecule has 0 saturated carbocycles. The zero-order chi connectivity index (χ0) is 11.4. The van der Waals surface area contributed by atoms with Crippen LogP contribution in [-0.2, 0) is 19.5 Å². The Bertz CT molecular complexity index is 463. The topological polar surface area (TPSA) is 69.6 Å². The molecule has 0 aliphatic heterocycles. The molecule has 0 spiro atoms. The van der Waals surface area contributed by atoms with Gasteiger partial charge in [-0.15, -0.1) is 5.10 Å². The van der Waals surface area contributed by atoms with Crippen molar-refractivity contribution in [1.82, 2.24) is 20.2 Å². The van der Waals surface area contributed by atoms with Crippen LogP contribution in [0.5, 0.6) is 0 Å². The summed E-state index contributed by atoms with van der Waals surface area (Å²) in [4.78, 5) is 0. The lowest BCUT2D eigenvalue weighted by Crippen LogP contribution is -2.11. The van der Waals surface area contributed by atoms with Crippen molar-refractivity contribution < 1.29 is 0 Å². The Hall–Kier alpha value is -1.75. The quantitative estimate of drug-likeness (QED) is 0.820. The van der Waals surface area contributed by atoms with Crippen molar-refractivity contribution in [3.8, 4) is 0 Å². The van der Waals surface area contributed by atoms with Gasteiger partial charge >= 0.3 is 0 Å². The van der Waals surface area contributed by atoms with E-state index in [1.807, 2.05) is 12.1 Å². The smallest absolute Gasteiger partial charge is 0.165 e. The average molecular weight is 217 g/mol. The Balaban J connectivity index is 2.26. The van der Waals surface area contributed by atoms with Crippen molar-refractivity contribution in [2.45, 2.75) is 26.4 Å². The minimum atomic E-state index is 0.362. The fourth-order valence-corrected chi connectivity index (χ4v) is 1.71. The van der Waals surface area contributed by atoms with Crippen molar-refractivity contribution >= 4 is 0 Å². The number of nitrogens with zero attached hydrogens (tertiary/aromatic N) is 4. The van der Waals surface area contributed by atoms with Gasteiger partial charge in [0.2, 0.25) is 0 Å². The van der Waals surface area contributed by atoms with Crippen LogP contribution in [-0.4, -0.2) is 20.2 Å². The van der Waals surface area contributed by atoms with E-state index in [1.54, 1.807) is 4.68 Å². The number of rotatable bonds is 4. The first kappa shape index (κ1) is 10.8. The third kappa shape index (κ3) is 2.09. The molecular weight excluding hydrogens is 202 g/mol. The van der Waals surface area contributed by atoms with Crippen LogP contribution >= 0.6 is 0 Å². The van der Waals surface area contributed by atoms with Gasteiger partial charge in [-0.3, -0.25) is 0 Å². The van der Waals surface area contributed by atoms with Crippen LogP contribution in [0.15, 0.2) is 24.3 Å². The van der Waals surface area contributed by atoms with E-state index in [4.69, 9.17) is 5.73 Å². The molecule has 5 nitrogen and oxygen atoms in total. The fraction of sp³-hybridized carbons (Fsp3) is 0.364. The number of hydrogen-bond donors (Lipinski definition) is 1. The number of benzene rings is 1. The molecule has 5 heteroatoms. The van der Waals surface area contributed by atoms with Crippen molar-refractivity contribution in [1.29, 1.82) is 0 Å². The first-order chi connectivity index (χ1) is 7.85. The van der Waals surface area contributed by atoms with Crippen LogP contribution in [0, 0.1) is 0 Å². The Morgan fingerprint density at radius 3 is 2.69 bits per heavy atom. The van der Waals surface area contributed by atoms with E-state index in [9.17, 15) is 0 Å². The van der Waals surface area contributed by atoms with E-state index in [1.165, 1.54) is 11.1 Å². The van der Waals surface area contributed by atoms with Crippen molar-refractivity contribution in [3.63, 3.8) is 0 Å². The Morgan fingerprint density at radius 2 is 2.00 bits per heavy atom. The maximum absolute atomic E-state index is 5.56. The zero-order valence-electron chi connectivity index (χ0n) is 9.30. The molecule has 2 N–H and O–H groups in total. The second kappa shape index (κ2) is 4.85. The minimum absolute atomic E-state index is 0.362. The van der Waals surface area contributed by atoms with E-state index >= 15 is 0 Å². The molecule has 0 radical (unpaired) electrons. The second-order valence-corrected chi connectivity index (χ2v) is 3.58. The van der Waals surface area contributed by atoms with E-state index in [2.05, 4.69) is 34.6 Å². The molecule has 0 atom stereocenters. The van der Waals surface area contributed by atoms with Gasteiger partial charge in [0.05, 0.1) is 13.1 Å². The van der Waals surface area contributed by atoms with E-state index < -0.39 is 0 Å². The standard InChI is InChI=1S/C11H15N5/c1-2-9-5-3-4-6-10(9)8-16-11(7-12)13-14-15-16/h3-6H,2,7-8,12H2,1H3. The van der Waals surface area contributed by atoms with Gasteiger partial charge in [-0.05, 0) is 28.0 Å². The van der Waals surface area contributed by atoms with Crippen LogP contribution in [0.25, 0.3) is 0 Å². The van der Waals surface area contributed by atoms with Crippen molar-refractivity contribution in [3.05, 3.63) is 41.2 Å². The average Bonchev–Trinajstić information content (AvgIpc) is 2.77. The summed E-state index contributed by atoms with van der Waals surface area (Å²) in [5.74, 6) is 0.714. The summed E-state index contributed by atoms with van der Waals surface area (Å²) in [5, 5.41) is 11.4. The molecular formula is C11H15N5. The molecule has 0 unspecified atom stereocenters. The Labute approximate surface area is 94.3 Å². The van der Waals surface area contributed by atoms with Gasteiger partial charge in [-0.2, -0.15) is 0 Å². The lowest BCUT2D eigenvalue weighted by atomic mass is 10.1. The lowest BCUT2D eigenvalue weighted by molar-refractivity contribution is 0.616. The SMILES string of the molecule is CCc1ccccc1Cn1nnnc1CN. The van der Waals surface area contributed by atoms with Gasteiger partial charge in [-0.25, -0.2) is 4.68 Å². The molecule has 1 aromatic carbocycles. The summed E-state index contributed by atoms with van der Waals surface area (Å²) in [7, 11) is 0. The van der Waals surface area contributed by atoms with Crippen LogP contribution in [0.3, 0.4) is 0 Å². The summed E-state index contributed by atoms with van der Waals surface area (Å²) in [6, 6.07) is 8.30. The molecule has 16 heavy (non-hydrogen) atoms. The van der Waals surface area contributed by atoms with Gasteiger partial charge in [0.15, 0.2) is 5.82 Å². The molecule has 0 fully saturated rings. The lowest BCUT2D eigenvalue weighted by Gasteiger charge is -2.08. The number of tetrazole rings is 1. The highest BCUT2D eigenvalue weighted by Crippen LogP contribution is 2.11. The van der Waals surface area contributed by atoms with Gasteiger partial charge in [-0.1, -0.05) is 31.2 Å². The molecule has 84 valence electrons. The van der Waals surface area contributed by atoms with Gasteiger partial charge in [0.1, 0.15) is 0 Å². The number of nitrogens with two attached hydrogens (primary N) is 1. The van der Waals surface area contributed by atoms with Crippen LogP contribution < -0.4 is 5.73 Å². The van der Waals surface area contributed by atoms with Crippen LogP contribution in [0.1, 0.15) is 23.9 Å². The molecule has 0 saturated heterocycles. The highest BCUT2D eigenvalue weighted by atomic mass is 15.5. The predicted octanol–water partition coefficient (Wildman–Crippen LogP) is 0.742. The minimum Gasteiger partial charge on any atom is -0.324 e. The molecule has 2 aromatic rings. The van der Waals surface area contributed by atoms with Gasteiger partial charge in [0, 0.05) is 0 Å². The van der Waals surface area contributed by atoms with E-state index in [0.29, 0.717) is 18.9 Å². The molecule has 1 heterocycles. The second-order valence-electron chi connectivity index (χ2n) is 3.58. The van der Waals surface area contributed by atoms with Crippen LogP contribution in [0.4, 0.5) is 0 Å². The fourth-order valence-electron chi connectivity index (χ4n) is 1.71. The number of aryl methyl sites for hydroxylation is 1. The van der Waals surface area contributed by atoms with E-state index in [0.717, 1.165) is 6.42 Å². The first-order valence-corrected chi connectivity index (χ1v) is 5.37. The molecule has 2 rings (SSSR count). The highest BCUT2D eigenvalue weighted by Gasteiger charge is 2.06. The molecule has 0 aliphatic rings. The van der Waals surface area contributed by atoms with Crippen molar-refractivity contribution in [2.24, 2.45) is 5.73 Å². The third-order valence-electron chi connectivity index (χ3n) is 2.61. The monoisotopic (exact) mass is 217 g/mol. The summed E-state index contributed by atoms with van der Waals surface area (Å²) in [5.41, 5.74) is 8.12. The molecule has 0 bridgehead atoms. The molecule has 0 amide bonds. The maximum atomic E-state index is 5.56. The van der Waals surface area contributed by atoms with Crippen molar-refractivity contribution in [2.75, 3.05) is 0 Å². The molecule has 1 aromatic heterocycles. The van der Waals surface area contributed by atoms with Gasteiger partial charge in [0.25, 0.3) is 0 Å². The van der Waals surface area contributed by atoms with Crippen LogP contribution in [0.2, 0.25) is 0 Å². The summed E-state index contributed by atoms with van der Waals surface area (Å²) >= 11 is 0. The largest absolute Gasteiger partial charge is 0.324 e. The summed E-state index contributed by atoms with van der Waals surface area (Å²) in [6.45, 7) is 3.19. The Kier molecular flexibility index (Phi) is 3.26. The maximum Gasteiger partial charge on any atom is 0.165 e. The predicted molar refractivity (Wildman–Crippen MR) is 60.6 cm³/mol. The highest BCUT2D eigenvalue weighted by molar-refractivity contribution is 5.27. The van der Waals surface area contributed by atoms with Gasteiger partial charge < -0.3 is 5.73 Å². The molecule has 0 aliphatic carbocycles. The first-order valence-electron chi connectivity index (χ1n) is 5.37. The third-order valence-corrected chi connectivity index (χ3v) is 2.61. The zero-order valence-corrected chi connectivity index (χ0v) is 9.30. The van der Waals surface area contributed by atoms with E-state index in [-0.39, 0.29) is 0 Å².